The van der Waals surface area contributed by atoms with Crippen LogP contribution in [0.2, 0.25) is 0 Å². The lowest BCUT2D eigenvalue weighted by Gasteiger charge is -2.72. The minimum absolute atomic E-state index is 0.0278. The van der Waals surface area contributed by atoms with Crippen LogP contribution < -0.4 is 0 Å². The van der Waals surface area contributed by atoms with E-state index in [9.17, 15) is 81.1 Å². The van der Waals surface area contributed by atoms with Gasteiger partial charge in [-0.2, -0.15) is 0 Å². The second-order valence-corrected chi connectivity index (χ2v) is 27.3. The predicted molar refractivity (Wildman–Crippen MR) is 280 cm³/mol. The Kier molecular flexibility index (Phi) is 18.8. The number of fused-ring (bicyclic) bond motifs is 7. The number of aliphatic hydroxyl groups is 14. The van der Waals surface area contributed by atoms with Crippen molar-refractivity contribution >= 4 is 11.9 Å². The summed E-state index contributed by atoms with van der Waals surface area (Å²) in [6, 6.07) is 0. The Bertz CT molecular complexity index is 2320. The normalized spacial score (nSPS) is 52.2. The number of allylic oxidation sites excluding steroid dienone is 2. The lowest BCUT2D eigenvalue weighted by atomic mass is 9.33. The summed E-state index contributed by atoms with van der Waals surface area (Å²) in [5.41, 5.74) is -3.23. The molecule has 0 aromatic heterocycles. The number of ether oxygens (including phenoxy) is 10. The highest BCUT2D eigenvalue weighted by atomic mass is 16.8. The first kappa shape index (κ1) is 65.3. The molecule has 26 nitrogen and oxygen atoms in total. The molecule has 0 aromatic rings. The Morgan fingerprint density at radius 2 is 1.19 bits per heavy atom. The van der Waals surface area contributed by atoms with Gasteiger partial charge in [0, 0.05) is 19.3 Å². The number of rotatable bonds is 14. The SMILES string of the molecule is CC(=O)OC[C@@]12[C@H](O)C[C@]3(C)C(=CC[C@@H]4[C@@]5(C)CC[C@H](O[C@@H]6O[C@H](CO[C@@H]7OC[C@H](O)[C@H](O)[C@H]7O)[C@@H](O[C@@H]7O[C@H](CO)[C@@H](O)[C@H](O)[C@H]7O)[C@H](O)[C@H]6O[C@@H]6O[C@H](CO)[C@@H](O)[C@H](O)[C@H]6O)C(C)(C)[C@@H]5CC[C@]43C)[C@H]1CC(C)(C)[C@@H](OC(C)=O)[C@@H]2O. The minimum Gasteiger partial charge on any atom is -0.465 e. The molecule has 0 bridgehead atoms. The van der Waals surface area contributed by atoms with Gasteiger partial charge >= 0.3 is 11.9 Å². The van der Waals surface area contributed by atoms with Gasteiger partial charge in [-0.25, -0.2) is 0 Å². The van der Waals surface area contributed by atoms with E-state index in [1.807, 2.05) is 13.8 Å². The van der Waals surface area contributed by atoms with Gasteiger partial charge in [-0.3, -0.25) is 9.59 Å². The van der Waals surface area contributed by atoms with E-state index in [1.165, 1.54) is 13.8 Å². The fraction of sp³-hybridized carbons (Fsp3) is 0.930. The van der Waals surface area contributed by atoms with Crippen LogP contribution in [0.1, 0.15) is 107 Å². The van der Waals surface area contributed by atoms with E-state index in [0.717, 1.165) is 5.57 Å². The van der Waals surface area contributed by atoms with Crippen molar-refractivity contribution in [1.82, 2.24) is 0 Å². The summed E-state index contributed by atoms with van der Waals surface area (Å²) >= 11 is 0. The van der Waals surface area contributed by atoms with E-state index in [1.54, 1.807) is 0 Å². The molecule has 0 aromatic carbocycles. The van der Waals surface area contributed by atoms with Crippen LogP contribution in [0.15, 0.2) is 11.6 Å². The summed E-state index contributed by atoms with van der Waals surface area (Å²) in [5, 5.41) is 155. The number of esters is 2. The molecule has 0 spiro atoms. The maximum absolute atomic E-state index is 12.7. The lowest BCUT2D eigenvalue weighted by Crippen LogP contribution is -2.72. The summed E-state index contributed by atoms with van der Waals surface area (Å²) in [5.74, 6) is -1.65. The number of hydrogen-bond donors (Lipinski definition) is 14. The van der Waals surface area contributed by atoms with E-state index >= 15 is 0 Å². The number of carbonyl (C=O) groups is 2. The van der Waals surface area contributed by atoms with E-state index in [0.29, 0.717) is 38.5 Å². The van der Waals surface area contributed by atoms with Gasteiger partial charge in [0.1, 0.15) is 110 Å². The molecule has 4 saturated heterocycles. The van der Waals surface area contributed by atoms with Crippen molar-refractivity contribution in [2.24, 2.45) is 50.2 Å². The monoisotopic (exact) mass is 1190 g/mol. The van der Waals surface area contributed by atoms with Crippen LogP contribution in [0.4, 0.5) is 0 Å². The average molecular weight is 1190 g/mol. The van der Waals surface area contributed by atoms with E-state index < -0.39 is 212 Å². The fourth-order valence-corrected chi connectivity index (χ4v) is 17.1. The fourth-order valence-electron chi connectivity index (χ4n) is 17.1. The first-order chi connectivity index (χ1) is 38.7. The molecule has 4 saturated carbocycles. The molecular weight excluding hydrogens is 1100 g/mol. The summed E-state index contributed by atoms with van der Waals surface area (Å²) < 4.78 is 60.6. The van der Waals surface area contributed by atoms with Crippen LogP contribution in [-0.2, 0) is 57.0 Å². The summed E-state index contributed by atoms with van der Waals surface area (Å²) in [7, 11) is 0. The Morgan fingerprint density at radius 3 is 1.77 bits per heavy atom. The van der Waals surface area contributed by atoms with Crippen LogP contribution in [-0.4, -0.2) is 258 Å². The molecule has 8 fully saturated rings. The molecule has 0 amide bonds. The van der Waals surface area contributed by atoms with Crippen molar-refractivity contribution in [3.05, 3.63) is 11.6 Å². The van der Waals surface area contributed by atoms with Crippen molar-refractivity contribution < 1.29 is 128 Å². The zero-order valence-electron chi connectivity index (χ0n) is 48.7. The molecule has 0 radical (unpaired) electrons. The van der Waals surface area contributed by atoms with Crippen LogP contribution in [0, 0.1) is 50.2 Å². The maximum Gasteiger partial charge on any atom is 0.303 e. The van der Waals surface area contributed by atoms with Gasteiger partial charge in [0.25, 0.3) is 0 Å². The third-order valence-electron chi connectivity index (χ3n) is 21.9. The van der Waals surface area contributed by atoms with Crippen LogP contribution in [0.25, 0.3) is 0 Å². The first-order valence-electron chi connectivity index (χ1n) is 29.3. The minimum atomic E-state index is -2.00. The summed E-state index contributed by atoms with van der Waals surface area (Å²) in [4.78, 5) is 25.0. The largest absolute Gasteiger partial charge is 0.465 e. The summed E-state index contributed by atoms with van der Waals surface area (Å²) in [6.07, 6.45) is -31.8. The summed E-state index contributed by atoms with van der Waals surface area (Å²) in [6.45, 7) is 14.3. The lowest BCUT2D eigenvalue weighted by molar-refractivity contribution is -0.398. The molecule has 26 heteroatoms. The van der Waals surface area contributed by atoms with Crippen molar-refractivity contribution in [3.63, 3.8) is 0 Å². The Morgan fingerprint density at radius 1 is 0.614 bits per heavy atom. The van der Waals surface area contributed by atoms with Gasteiger partial charge in [0.05, 0.1) is 44.1 Å². The first-order valence-corrected chi connectivity index (χ1v) is 29.3. The zero-order valence-corrected chi connectivity index (χ0v) is 48.7. The predicted octanol–water partition coefficient (Wildman–Crippen LogP) is -2.87. The zero-order chi connectivity index (χ0) is 61.0. The third kappa shape index (κ3) is 11.0. The molecular formula is C57H92O26. The highest BCUT2D eigenvalue weighted by Crippen LogP contribution is 2.76. The van der Waals surface area contributed by atoms with Gasteiger partial charge in [0.2, 0.25) is 0 Å². The molecule has 5 aliphatic carbocycles. The maximum atomic E-state index is 12.7. The Balaban J connectivity index is 1.04. The van der Waals surface area contributed by atoms with Crippen molar-refractivity contribution in [1.29, 1.82) is 0 Å². The van der Waals surface area contributed by atoms with E-state index in [2.05, 4.69) is 40.7 Å². The number of carbonyl (C=O) groups excluding carboxylic acids is 2. The molecule has 30 atom stereocenters. The van der Waals surface area contributed by atoms with Crippen LogP contribution in [0.5, 0.6) is 0 Å². The second kappa shape index (κ2) is 24.0. The van der Waals surface area contributed by atoms with Gasteiger partial charge in [-0.15, -0.1) is 0 Å². The van der Waals surface area contributed by atoms with Gasteiger partial charge < -0.3 is 119 Å². The molecule has 4 aliphatic heterocycles. The van der Waals surface area contributed by atoms with Crippen molar-refractivity contribution in [3.8, 4) is 0 Å². The van der Waals surface area contributed by atoms with Gasteiger partial charge in [-0.1, -0.05) is 60.1 Å². The molecule has 9 aliphatic rings. The number of hydrogen-bond acceptors (Lipinski definition) is 26. The highest BCUT2D eigenvalue weighted by molar-refractivity contribution is 5.66. The molecule has 83 heavy (non-hydrogen) atoms. The van der Waals surface area contributed by atoms with Crippen molar-refractivity contribution in [2.75, 3.05) is 33.0 Å². The molecule has 0 unspecified atom stereocenters. The Labute approximate surface area is 482 Å². The third-order valence-corrected chi connectivity index (χ3v) is 21.9. The van der Waals surface area contributed by atoms with Gasteiger partial charge in [0.15, 0.2) is 25.2 Å². The highest BCUT2D eigenvalue weighted by Gasteiger charge is 2.73. The number of aliphatic hydroxyl groups excluding tert-OH is 14. The van der Waals surface area contributed by atoms with Crippen molar-refractivity contribution in [2.45, 2.75) is 248 Å². The van der Waals surface area contributed by atoms with E-state index in [-0.39, 0.29) is 30.3 Å². The smallest absolute Gasteiger partial charge is 0.303 e. The van der Waals surface area contributed by atoms with Crippen LogP contribution >= 0.6 is 0 Å². The standard InChI is InChI=1S/C57H92O26/c1-23(60)76-22-57-26(16-52(3,4)47(46(57)73)77-24(2)61)25-10-11-32-54(7)14-13-34(53(5,6)31(54)12-15-55(32,8)56(25,9)17-33(57)63)81-51-45(83-50-42(71)39(68)37(66)29(19-59)79-50)43(72)44(82-49-41(70)38(67)36(65)28(18-58)78-49)30(80-51)21-75-48-40(69)35(64)27(62)20-74-48/h10,26-51,58-59,62-73H,11-22H2,1-9H3/t26-,27+,28-,29-,30-,31+,32-,33-,34+,35+,36-,37-,38+,39+,40-,41-,42-,43+,44-,45-,46+,47+,48+,49+,50+,51+,54+,55-,56-,57+/m1/s1. The molecule has 476 valence electrons. The van der Waals surface area contributed by atoms with E-state index in [4.69, 9.17) is 47.4 Å². The quantitative estimate of drug-likeness (QED) is 0.0472. The van der Waals surface area contributed by atoms with Crippen LogP contribution in [0.3, 0.4) is 0 Å². The second-order valence-electron chi connectivity index (χ2n) is 27.3. The average Bonchev–Trinajstić information content (AvgIpc) is 1.11. The van der Waals surface area contributed by atoms with Gasteiger partial charge in [-0.05, 0) is 84.4 Å². The molecule has 9 rings (SSSR count). The molecule has 14 N–H and O–H groups in total. The topological polar surface area (TPSA) is 410 Å². The molecule has 4 heterocycles. The Hall–Kier alpha value is -2.20.